The molecule has 5 nitrogen and oxygen atoms in total. The van der Waals surface area contributed by atoms with Crippen LogP contribution in [0, 0.1) is 0 Å². The summed E-state index contributed by atoms with van der Waals surface area (Å²) in [6.45, 7) is 5.25. The summed E-state index contributed by atoms with van der Waals surface area (Å²) < 4.78 is 1.66. The molecule has 0 saturated carbocycles. The molecule has 1 saturated heterocycles. The first-order chi connectivity index (χ1) is 9.68. The summed E-state index contributed by atoms with van der Waals surface area (Å²) in [6.07, 6.45) is 4.92. The van der Waals surface area contributed by atoms with Gasteiger partial charge in [-0.2, -0.15) is 0 Å². The van der Waals surface area contributed by atoms with E-state index in [0.717, 1.165) is 19.5 Å². The molecule has 0 radical (unpaired) electrons. The van der Waals surface area contributed by atoms with Gasteiger partial charge in [0.2, 0.25) is 11.5 Å². The van der Waals surface area contributed by atoms with Gasteiger partial charge < -0.3 is 9.88 Å². The average Bonchev–Trinajstić information content (AvgIpc) is 2.98. The van der Waals surface area contributed by atoms with E-state index in [2.05, 4.69) is 10.2 Å². The maximum Gasteiger partial charge on any atom is 0.250 e. The average molecular weight is 277 g/mol. The third-order valence-electron chi connectivity index (χ3n) is 3.84. The second-order valence-electron chi connectivity index (χ2n) is 5.30. The molecule has 2 rings (SSSR count). The molecule has 1 amide bonds. The van der Waals surface area contributed by atoms with E-state index >= 15 is 0 Å². The highest BCUT2D eigenvalue weighted by Crippen LogP contribution is 2.11. The van der Waals surface area contributed by atoms with Crippen molar-refractivity contribution < 1.29 is 4.79 Å². The van der Waals surface area contributed by atoms with Crippen molar-refractivity contribution in [3.05, 3.63) is 34.7 Å². The zero-order valence-electron chi connectivity index (χ0n) is 12.0. The Kier molecular flexibility index (Phi) is 5.35. The van der Waals surface area contributed by atoms with E-state index in [9.17, 15) is 9.59 Å². The first-order valence-corrected chi connectivity index (χ1v) is 7.36. The largest absolute Gasteiger partial charge is 0.355 e. The molecule has 20 heavy (non-hydrogen) atoms. The highest BCUT2D eigenvalue weighted by atomic mass is 16.2. The number of aromatic nitrogens is 1. The van der Waals surface area contributed by atoms with Gasteiger partial charge in [0.25, 0.3) is 0 Å². The van der Waals surface area contributed by atoms with Crippen LogP contribution in [0.5, 0.6) is 0 Å². The lowest BCUT2D eigenvalue weighted by Gasteiger charge is -2.22. The molecule has 0 spiro atoms. The van der Waals surface area contributed by atoms with Gasteiger partial charge in [0, 0.05) is 25.4 Å². The maximum absolute atomic E-state index is 12.0. The van der Waals surface area contributed by atoms with E-state index in [1.165, 1.54) is 12.8 Å². The van der Waals surface area contributed by atoms with Crippen LogP contribution in [-0.4, -0.2) is 41.1 Å². The highest BCUT2D eigenvalue weighted by Gasteiger charge is 2.23. The van der Waals surface area contributed by atoms with E-state index in [-0.39, 0.29) is 17.5 Å². The molecule has 0 aromatic carbocycles. The second-order valence-corrected chi connectivity index (χ2v) is 5.30. The van der Waals surface area contributed by atoms with Crippen molar-refractivity contribution in [3.63, 3.8) is 0 Å². The van der Waals surface area contributed by atoms with E-state index in [0.29, 0.717) is 13.1 Å². The lowest BCUT2D eigenvalue weighted by Crippen LogP contribution is -2.44. The van der Waals surface area contributed by atoms with Crippen LogP contribution in [0.2, 0.25) is 0 Å². The monoisotopic (exact) mass is 277 g/mol. The van der Waals surface area contributed by atoms with Gasteiger partial charge >= 0.3 is 0 Å². The number of rotatable bonds is 6. The molecule has 1 aromatic rings. The molecule has 0 bridgehead atoms. The summed E-state index contributed by atoms with van der Waals surface area (Å²) in [7, 11) is 0. The Morgan fingerprint density at radius 1 is 1.35 bits per heavy atom. The third kappa shape index (κ3) is 3.93. The Bertz CT molecular complexity index is 492. The Morgan fingerprint density at radius 2 is 2.10 bits per heavy atom. The number of likely N-dealkylation sites (tertiary alicyclic amines) is 1. The Hall–Kier alpha value is -1.62. The molecular formula is C15H23N3O2. The SMILES string of the molecule is CC(C(=O)NCCCn1ccccc1=O)N1CCCC1. The molecule has 1 unspecified atom stereocenters. The van der Waals surface area contributed by atoms with Crippen LogP contribution in [0.3, 0.4) is 0 Å². The van der Waals surface area contributed by atoms with Gasteiger partial charge in [-0.1, -0.05) is 6.07 Å². The first kappa shape index (κ1) is 14.8. The van der Waals surface area contributed by atoms with Gasteiger partial charge in [-0.15, -0.1) is 0 Å². The molecule has 1 atom stereocenters. The first-order valence-electron chi connectivity index (χ1n) is 7.36. The van der Waals surface area contributed by atoms with E-state index in [1.807, 2.05) is 13.0 Å². The highest BCUT2D eigenvalue weighted by molar-refractivity contribution is 5.81. The molecule has 110 valence electrons. The predicted molar refractivity (Wildman–Crippen MR) is 78.6 cm³/mol. The standard InChI is InChI=1S/C15H23N3O2/c1-13(17-9-4-5-10-17)15(20)16-8-6-12-18-11-3-2-7-14(18)19/h2-3,7,11,13H,4-6,8-10,12H2,1H3,(H,16,20). The number of aryl methyl sites for hydroxylation is 1. The Labute approximate surface area is 119 Å². The van der Waals surface area contributed by atoms with Crippen LogP contribution < -0.4 is 10.9 Å². The van der Waals surface area contributed by atoms with Crippen LogP contribution in [0.4, 0.5) is 0 Å². The minimum Gasteiger partial charge on any atom is -0.355 e. The number of nitrogens with zero attached hydrogens (tertiary/aromatic N) is 2. The molecule has 1 fully saturated rings. The normalized spacial score (nSPS) is 17.1. The number of pyridine rings is 1. The topological polar surface area (TPSA) is 54.3 Å². The summed E-state index contributed by atoms with van der Waals surface area (Å²) in [4.78, 5) is 25.7. The summed E-state index contributed by atoms with van der Waals surface area (Å²) >= 11 is 0. The number of nitrogens with one attached hydrogen (secondary N) is 1. The molecule has 5 heteroatoms. The maximum atomic E-state index is 12.0. The molecule has 0 aliphatic carbocycles. The summed E-state index contributed by atoms with van der Waals surface area (Å²) in [5.41, 5.74) is 0.00395. The van der Waals surface area contributed by atoms with E-state index in [4.69, 9.17) is 0 Å². The summed E-state index contributed by atoms with van der Waals surface area (Å²) in [5, 5.41) is 2.95. The van der Waals surface area contributed by atoms with Crippen LogP contribution in [-0.2, 0) is 11.3 Å². The van der Waals surface area contributed by atoms with Gasteiger partial charge in [-0.3, -0.25) is 14.5 Å². The molecule has 1 aliphatic rings. The van der Waals surface area contributed by atoms with Gasteiger partial charge in [-0.05, 0) is 45.3 Å². The summed E-state index contributed by atoms with van der Waals surface area (Å²) in [6, 6.07) is 5.08. The smallest absolute Gasteiger partial charge is 0.250 e. The van der Waals surface area contributed by atoms with E-state index < -0.39 is 0 Å². The lowest BCUT2D eigenvalue weighted by molar-refractivity contribution is -0.125. The van der Waals surface area contributed by atoms with E-state index in [1.54, 1.807) is 22.9 Å². The summed E-state index contributed by atoms with van der Waals surface area (Å²) in [5.74, 6) is 0.0901. The van der Waals surface area contributed by atoms with Gasteiger partial charge in [0.1, 0.15) is 0 Å². The third-order valence-corrected chi connectivity index (χ3v) is 3.84. The fourth-order valence-electron chi connectivity index (χ4n) is 2.55. The van der Waals surface area contributed by atoms with Crippen molar-refractivity contribution in [1.29, 1.82) is 0 Å². The van der Waals surface area contributed by atoms with Crippen molar-refractivity contribution >= 4 is 5.91 Å². The molecule has 1 aliphatic heterocycles. The van der Waals surface area contributed by atoms with Gasteiger partial charge in [0.15, 0.2) is 0 Å². The minimum absolute atomic E-state index is 0.00395. The van der Waals surface area contributed by atoms with Crippen molar-refractivity contribution in [3.8, 4) is 0 Å². The molecular weight excluding hydrogens is 254 g/mol. The second kappa shape index (κ2) is 7.24. The lowest BCUT2D eigenvalue weighted by atomic mass is 10.2. The zero-order valence-corrected chi connectivity index (χ0v) is 12.0. The van der Waals surface area contributed by atoms with Gasteiger partial charge in [-0.25, -0.2) is 0 Å². The molecule has 1 N–H and O–H groups in total. The molecule has 1 aromatic heterocycles. The van der Waals surface area contributed by atoms with Crippen LogP contribution in [0.1, 0.15) is 26.2 Å². The number of carbonyl (C=O) groups is 1. The zero-order chi connectivity index (χ0) is 14.4. The quantitative estimate of drug-likeness (QED) is 0.784. The fourth-order valence-corrected chi connectivity index (χ4v) is 2.55. The predicted octanol–water partition coefficient (Wildman–Crippen LogP) is 0.839. The number of carbonyl (C=O) groups excluding carboxylic acids is 1. The van der Waals surface area contributed by atoms with Gasteiger partial charge in [0.05, 0.1) is 6.04 Å². The van der Waals surface area contributed by atoms with Crippen molar-refractivity contribution in [1.82, 2.24) is 14.8 Å². The Balaban J connectivity index is 1.69. The van der Waals surface area contributed by atoms with Crippen LogP contribution in [0.25, 0.3) is 0 Å². The van der Waals surface area contributed by atoms with Crippen molar-refractivity contribution in [2.24, 2.45) is 0 Å². The number of amides is 1. The molecule has 2 heterocycles. The van der Waals surface area contributed by atoms with Crippen molar-refractivity contribution in [2.45, 2.75) is 38.8 Å². The van der Waals surface area contributed by atoms with Crippen LogP contribution in [0.15, 0.2) is 29.2 Å². The van der Waals surface area contributed by atoms with Crippen molar-refractivity contribution in [2.75, 3.05) is 19.6 Å². The Morgan fingerprint density at radius 3 is 2.80 bits per heavy atom. The number of hydrogen-bond acceptors (Lipinski definition) is 3. The number of hydrogen-bond donors (Lipinski definition) is 1. The minimum atomic E-state index is -0.0445. The fraction of sp³-hybridized carbons (Fsp3) is 0.600. The van der Waals surface area contributed by atoms with Crippen LogP contribution >= 0.6 is 0 Å².